The quantitative estimate of drug-likeness (QED) is 0.417. The van der Waals surface area contributed by atoms with Crippen LogP contribution in [0.2, 0.25) is 0 Å². The van der Waals surface area contributed by atoms with Crippen LogP contribution in [0.1, 0.15) is 63.5 Å². The van der Waals surface area contributed by atoms with Gasteiger partial charge in [-0.2, -0.15) is 0 Å². The molecule has 3 rings (SSSR count). The van der Waals surface area contributed by atoms with E-state index in [0.29, 0.717) is 18.4 Å². The van der Waals surface area contributed by atoms with Gasteiger partial charge in [-0.05, 0) is 44.2 Å². The lowest BCUT2D eigenvalue weighted by atomic mass is 10.2. The highest BCUT2D eigenvalue weighted by molar-refractivity contribution is 5.80. The summed E-state index contributed by atoms with van der Waals surface area (Å²) in [6.07, 6.45) is 12.6. The normalized spacial score (nSPS) is 19.3. The number of amides is 1. The van der Waals surface area contributed by atoms with Gasteiger partial charge < -0.3 is 20.0 Å². The van der Waals surface area contributed by atoms with Crippen LogP contribution in [0.5, 0.6) is 0 Å². The number of aliphatic imine (C=N–C) groups is 1. The fraction of sp³-hybridized carbons (Fsp3) is 0.714. The number of hydrogen-bond acceptors (Lipinski definition) is 3. The highest BCUT2D eigenvalue weighted by Gasteiger charge is 2.17. The summed E-state index contributed by atoms with van der Waals surface area (Å²) in [5.74, 6) is 2.20. The molecule has 0 radical (unpaired) electrons. The van der Waals surface area contributed by atoms with Gasteiger partial charge in [0.1, 0.15) is 5.76 Å². The van der Waals surface area contributed by atoms with Crippen molar-refractivity contribution in [3.63, 3.8) is 0 Å². The van der Waals surface area contributed by atoms with Crippen LogP contribution in [-0.2, 0) is 11.2 Å². The second-order valence-corrected chi connectivity index (χ2v) is 7.66. The molecule has 6 heteroatoms. The van der Waals surface area contributed by atoms with Crippen molar-refractivity contribution in [3.8, 4) is 0 Å². The van der Waals surface area contributed by atoms with Crippen molar-refractivity contribution in [2.24, 2.45) is 4.99 Å². The molecular formula is C21H34N4O2. The number of carbonyl (C=O) groups is 1. The minimum Gasteiger partial charge on any atom is -0.469 e. The number of furan rings is 1. The number of hydrogen-bond donors (Lipinski definition) is 2. The molecule has 1 amide bonds. The van der Waals surface area contributed by atoms with Crippen LogP contribution in [0.4, 0.5) is 0 Å². The minimum absolute atomic E-state index is 0.317. The Morgan fingerprint density at radius 1 is 1.22 bits per heavy atom. The summed E-state index contributed by atoms with van der Waals surface area (Å²) < 4.78 is 5.40. The summed E-state index contributed by atoms with van der Waals surface area (Å²) in [6, 6.07) is 4.46. The van der Waals surface area contributed by atoms with Crippen molar-refractivity contribution in [1.29, 1.82) is 0 Å². The first kappa shape index (κ1) is 19.8. The zero-order chi connectivity index (χ0) is 18.7. The lowest BCUT2D eigenvalue weighted by molar-refractivity contribution is -0.130. The van der Waals surface area contributed by atoms with Crippen LogP contribution in [0.3, 0.4) is 0 Å². The molecule has 2 N–H and O–H groups in total. The lowest BCUT2D eigenvalue weighted by Gasteiger charge is -2.20. The van der Waals surface area contributed by atoms with E-state index >= 15 is 0 Å². The van der Waals surface area contributed by atoms with Crippen LogP contribution < -0.4 is 10.6 Å². The predicted octanol–water partition coefficient (Wildman–Crippen LogP) is 3.09. The third-order valence-electron chi connectivity index (χ3n) is 5.47. The van der Waals surface area contributed by atoms with Gasteiger partial charge in [-0.3, -0.25) is 9.79 Å². The second kappa shape index (κ2) is 11.0. The van der Waals surface area contributed by atoms with Gasteiger partial charge in [0, 0.05) is 45.1 Å². The Bertz CT molecular complexity index is 579. The summed E-state index contributed by atoms with van der Waals surface area (Å²) in [5.41, 5.74) is 0. The molecule has 6 nitrogen and oxygen atoms in total. The molecule has 0 spiro atoms. The van der Waals surface area contributed by atoms with Gasteiger partial charge in [-0.15, -0.1) is 0 Å². The maximum absolute atomic E-state index is 12.1. The lowest BCUT2D eigenvalue weighted by Crippen LogP contribution is -2.43. The fourth-order valence-electron chi connectivity index (χ4n) is 3.90. The van der Waals surface area contributed by atoms with Gasteiger partial charge in [0.2, 0.25) is 5.91 Å². The Labute approximate surface area is 162 Å². The second-order valence-electron chi connectivity index (χ2n) is 7.66. The zero-order valence-corrected chi connectivity index (χ0v) is 16.4. The Kier molecular flexibility index (Phi) is 8.05. The van der Waals surface area contributed by atoms with Gasteiger partial charge in [-0.25, -0.2) is 0 Å². The third-order valence-corrected chi connectivity index (χ3v) is 5.47. The average Bonchev–Trinajstić information content (AvgIpc) is 3.33. The van der Waals surface area contributed by atoms with Gasteiger partial charge >= 0.3 is 0 Å². The van der Waals surface area contributed by atoms with Crippen molar-refractivity contribution in [1.82, 2.24) is 15.5 Å². The molecule has 1 saturated heterocycles. The van der Waals surface area contributed by atoms with Crippen molar-refractivity contribution >= 4 is 11.9 Å². The van der Waals surface area contributed by atoms with Crippen LogP contribution in [-0.4, -0.2) is 49.0 Å². The smallest absolute Gasteiger partial charge is 0.222 e. The van der Waals surface area contributed by atoms with E-state index < -0.39 is 0 Å². The van der Waals surface area contributed by atoms with E-state index in [1.165, 1.54) is 32.1 Å². The van der Waals surface area contributed by atoms with Crippen molar-refractivity contribution < 1.29 is 9.21 Å². The van der Waals surface area contributed by atoms with Gasteiger partial charge in [-0.1, -0.05) is 19.3 Å². The molecule has 0 bridgehead atoms. The van der Waals surface area contributed by atoms with E-state index in [9.17, 15) is 4.79 Å². The monoisotopic (exact) mass is 374 g/mol. The van der Waals surface area contributed by atoms with Crippen LogP contribution >= 0.6 is 0 Å². The molecule has 2 aliphatic rings. The molecule has 2 fully saturated rings. The number of nitrogens with zero attached hydrogens (tertiary/aromatic N) is 2. The SMILES string of the molecule is O=C1CCCCCN1CCCN=C(NCCc1ccco1)NC1CCCC1. The van der Waals surface area contributed by atoms with Crippen LogP contribution in [0.25, 0.3) is 0 Å². The molecule has 150 valence electrons. The van der Waals surface area contributed by atoms with E-state index in [1.807, 2.05) is 17.0 Å². The Morgan fingerprint density at radius 2 is 2.11 bits per heavy atom. The summed E-state index contributed by atoms with van der Waals surface area (Å²) in [6.45, 7) is 3.28. The van der Waals surface area contributed by atoms with Gasteiger partial charge in [0.05, 0.1) is 6.26 Å². The van der Waals surface area contributed by atoms with Crippen LogP contribution in [0, 0.1) is 0 Å². The molecule has 0 unspecified atom stereocenters. The Morgan fingerprint density at radius 3 is 2.93 bits per heavy atom. The van der Waals surface area contributed by atoms with Crippen LogP contribution in [0.15, 0.2) is 27.8 Å². The Balaban J connectivity index is 1.43. The van der Waals surface area contributed by atoms with E-state index in [0.717, 1.165) is 63.6 Å². The van der Waals surface area contributed by atoms with Gasteiger partial charge in [0.15, 0.2) is 5.96 Å². The number of likely N-dealkylation sites (tertiary alicyclic amines) is 1. The molecule has 2 heterocycles. The van der Waals surface area contributed by atoms with Crippen molar-refractivity contribution in [2.45, 2.75) is 70.3 Å². The first-order valence-corrected chi connectivity index (χ1v) is 10.7. The number of carbonyl (C=O) groups excluding carboxylic acids is 1. The summed E-state index contributed by atoms with van der Waals surface area (Å²) >= 11 is 0. The zero-order valence-electron chi connectivity index (χ0n) is 16.4. The highest BCUT2D eigenvalue weighted by Crippen LogP contribution is 2.17. The largest absolute Gasteiger partial charge is 0.469 e. The molecule has 1 aromatic heterocycles. The number of rotatable bonds is 8. The van der Waals surface area contributed by atoms with E-state index in [1.54, 1.807) is 6.26 Å². The summed E-state index contributed by atoms with van der Waals surface area (Å²) in [4.78, 5) is 18.9. The fourth-order valence-corrected chi connectivity index (χ4v) is 3.90. The van der Waals surface area contributed by atoms with E-state index in [2.05, 4.69) is 10.6 Å². The molecule has 1 aromatic rings. The molecule has 1 saturated carbocycles. The first-order chi connectivity index (χ1) is 13.3. The molecule has 1 aliphatic heterocycles. The van der Waals surface area contributed by atoms with E-state index in [4.69, 9.17) is 9.41 Å². The maximum Gasteiger partial charge on any atom is 0.222 e. The van der Waals surface area contributed by atoms with Gasteiger partial charge in [0.25, 0.3) is 0 Å². The third kappa shape index (κ3) is 6.92. The van der Waals surface area contributed by atoms with E-state index in [-0.39, 0.29) is 0 Å². The Hall–Kier alpha value is -1.98. The van der Waals surface area contributed by atoms with Crippen molar-refractivity contribution in [3.05, 3.63) is 24.2 Å². The highest BCUT2D eigenvalue weighted by atomic mass is 16.3. The molecule has 0 atom stereocenters. The molecular weight excluding hydrogens is 340 g/mol. The molecule has 1 aliphatic carbocycles. The summed E-state index contributed by atoms with van der Waals surface area (Å²) in [7, 11) is 0. The molecule has 27 heavy (non-hydrogen) atoms. The topological polar surface area (TPSA) is 69.9 Å². The average molecular weight is 375 g/mol. The molecule has 0 aromatic carbocycles. The standard InChI is InChI=1S/C21H34N4O2/c26-20-11-2-1-5-15-25(20)16-7-13-22-21(24-18-8-3-4-9-18)23-14-12-19-10-6-17-27-19/h6,10,17-18H,1-5,7-9,11-16H2,(H2,22,23,24). The number of guanidine groups is 1. The predicted molar refractivity (Wildman–Crippen MR) is 108 cm³/mol. The minimum atomic E-state index is 0.317. The number of nitrogens with one attached hydrogen (secondary N) is 2. The first-order valence-electron chi connectivity index (χ1n) is 10.7. The summed E-state index contributed by atoms with van der Waals surface area (Å²) in [5, 5.41) is 7.02. The maximum atomic E-state index is 12.1. The van der Waals surface area contributed by atoms with Crippen molar-refractivity contribution in [2.75, 3.05) is 26.2 Å².